The number of alkyl halides is 3. The number of aromatic nitrogens is 5. The lowest BCUT2D eigenvalue weighted by molar-refractivity contribution is -0.138. The number of aryl methyl sites for hydroxylation is 1. The van der Waals surface area contributed by atoms with E-state index in [4.69, 9.17) is 84.5 Å². The zero-order valence-electron chi connectivity index (χ0n) is 68.5. The van der Waals surface area contributed by atoms with Crippen LogP contribution in [0.2, 0.25) is 0 Å². The number of Topliss-reactive ketones (excluding diaryl/α,β-unsaturated/α-hetero) is 1. The summed E-state index contributed by atoms with van der Waals surface area (Å²) in [4.78, 5) is 55.6. The van der Waals surface area contributed by atoms with Gasteiger partial charge in [-0.05, 0) is 176 Å². The molecular weight excluding hydrogens is 1690 g/mol. The normalized spacial score (nSPS) is 18.5. The maximum Gasteiger partial charge on any atom is 0.417 e. The second-order valence-corrected chi connectivity index (χ2v) is 34.3. The molecule has 30 nitrogen and oxygen atoms in total. The van der Waals surface area contributed by atoms with Crippen molar-refractivity contribution in [3.8, 4) is 86.8 Å². The summed E-state index contributed by atoms with van der Waals surface area (Å²) in [5, 5.41) is 32.6. The van der Waals surface area contributed by atoms with Crippen molar-refractivity contribution in [3.05, 3.63) is 285 Å². The number of nitriles is 3. The molecule has 12 heterocycles. The number of hydrogen-bond acceptors (Lipinski definition) is 26. The second kappa shape index (κ2) is 39.5. The van der Waals surface area contributed by atoms with E-state index in [2.05, 4.69) is 49.2 Å². The zero-order chi connectivity index (χ0) is 89.6. The van der Waals surface area contributed by atoms with Crippen LogP contribution < -0.4 is 64.0 Å². The third-order valence-electron chi connectivity index (χ3n) is 21.9. The third kappa shape index (κ3) is 21.4. The van der Waals surface area contributed by atoms with Crippen LogP contribution in [0.4, 0.5) is 13.2 Å². The van der Waals surface area contributed by atoms with Crippen molar-refractivity contribution in [2.24, 2.45) is 22.5 Å². The molecule has 2 saturated heterocycles. The minimum absolute atomic E-state index is 0.0503. The molecule has 5 unspecified atom stereocenters. The molecule has 3 fully saturated rings. The van der Waals surface area contributed by atoms with Crippen molar-refractivity contribution in [3.63, 3.8) is 0 Å². The number of para-hydroxylation sites is 5. The van der Waals surface area contributed by atoms with E-state index in [-0.39, 0.29) is 77.5 Å². The summed E-state index contributed by atoms with van der Waals surface area (Å²) in [7, 11) is -6.92. The lowest BCUT2D eigenvalue weighted by Gasteiger charge is -2.28. The third-order valence-corrected chi connectivity index (χ3v) is 24.7. The van der Waals surface area contributed by atoms with E-state index in [0.29, 0.717) is 131 Å². The number of hydrogen-bond donors (Lipinski definition) is 3. The van der Waals surface area contributed by atoms with E-state index in [1.165, 1.54) is 34.3 Å². The number of rotatable bonds is 16. The Morgan fingerprint density at radius 2 is 0.875 bits per heavy atom. The predicted octanol–water partition coefficient (Wildman–Crippen LogP) is 13.8. The van der Waals surface area contributed by atoms with E-state index in [1.54, 1.807) is 140 Å². The number of ether oxygens (including phenoxy) is 11. The number of nitrogens with zero attached hydrogens (tertiary/aromatic N) is 9. The molecule has 5 aromatic heterocycles. The van der Waals surface area contributed by atoms with Crippen molar-refractivity contribution >= 4 is 37.6 Å². The van der Waals surface area contributed by atoms with Gasteiger partial charge in [0.25, 0.3) is 11.8 Å². The standard InChI is InChI=1S/C20H15N3O4S.C20H18N2O3.C19H19N3O4S.C19H20N2O4.C15H11F3N2O3/c21-9-14-2-1-3-18-20(14)26-12-19(27-18)16-8-15(10-23-11-16)13-4-6-17(7-5-13)28(22,24)25;21-9-15-2-1-3-18-20(15)24-12-19(25-18)16-8-13(10-22-11-16)4-7-17(23)14-5-6-14;20-9-15-4-3-5-17-19(15)25-13-18(26-17)16-8-14(10-21-11-16)12-22-6-1-2-7-27(22,23)24;20-19(22)15-2-1-3-16-18(15)24-11-17(25-16)14-8-13(9-21-10-14)12-4-6-23-7-5-12;16-15(17,18)9-4-8(5-20-6-9)12-7-22-13-10(14(19)21)2-1-3-11(13)23-12/h1-8,10-11,19H,12H2,(H2,22,24,25);1-3,8,10-11,14,19H,4-7,12H2;3-5,8,10-11,18H,1-2,6-7,12-13H2;1-3,8-10,12,17H,4-7,11H2,(H2,20,22);1-6,12H,7H2,(H2,19,21). The molecule has 656 valence electrons. The van der Waals surface area contributed by atoms with Gasteiger partial charge < -0.3 is 63.6 Å². The van der Waals surface area contributed by atoms with Gasteiger partial charge in [0, 0.05) is 134 Å². The maximum absolute atomic E-state index is 12.8. The molecule has 6 aromatic carbocycles. The predicted molar refractivity (Wildman–Crippen MR) is 453 cm³/mol. The number of benzene rings is 6. The number of nitrogens with two attached hydrogens (primary N) is 3. The van der Waals surface area contributed by atoms with Gasteiger partial charge in [-0.3, -0.25) is 39.3 Å². The van der Waals surface area contributed by atoms with Gasteiger partial charge >= 0.3 is 6.18 Å². The fourth-order valence-corrected chi connectivity index (χ4v) is 17.1. The number of pyridine rings is 5. The van der Waals surface area contributed by atoms with Crippen molar-refractivity contribution in [1.82, 2.24) is 29.2 Å². The molecule has 11 aromatic rings. The molecule has 0 bridgehead atoms. The van der Waals surface area contributed by atoms with E-state index in [9.17, 15) is 44.4 Å². The molecule has 0 spiro atoms. The largest absolute Gasteiger partial charge is 0.485 e. The van der Waals surface area contributed by atoms with Crippen LogP contribution in [0, 0.1) is 39.9 Å². The summed E-state index contributed by atoms with van der Waals surface area (Å²) in [6.45, 7) is 3.54. The lowest BCUT2D eigenvalue weighted by atomic mass is 9.91. The first-order valence-corrected chi connectivity index (χ1v) is 43.9. The number of carbonyl (C=O) groups is 3. The highest BCUT2D eigenvalue weighted by atomic mass is 32.2. The summed E-state index contributed by atoms with van der Waals surface area (Å²) in [5.41, 5.74) is 20.0. The topological polar surface area (TPSA) is 438 Å². The van der Waals surface area contributed by atoms with Crippen molar-refractivity contribution in [1.29, 1.82) is 15.8 Å². The highest BCUT2D eigenvalue weighted by Crippen LogP contribution is 2.46. The molecule has 7 aliphatic heterocycles. The fraction of sp³-hybridized carbons (Fsp3) is 0.280. The summed E-state index contributed by atoms with van der Waals surface area (Å²) < 4.78 is 151. The van der Waals surface area contributed by atoms with Gasteiger partial charge in [-0.2, -0.15) is 33.3 Å². The lowest BCUT2D eigenvalue weighted by Crippen LogP contribution is -2.37. The number of carbonyl (C=O) groups excluding carboxylic acids is 3. The van der Waals surface area contributed by atoms with Crippen LogP contribution in [0.3, 0.4) is 0 Å². The second-order valence-electron chi connectivity index (χ2n) is 30.7. The number of primary sulfonamides is 1. The van der Waals surface area contributed by atoms with Gasteiger partial charge in [-0.15, -0.1) is 0 Å². The molecule has 5 atom stereocenters. The average Bonchev–Trinajstić information content (AvgIpc) is 1.26. The van der Waals surface area contributed by atoms with Crippen LogP contribution in [0.5, 0.6) is 57.5 Å². The molecule has 1 saturated carbocycles. The highest BCUT2D eigenvalue weighted by molar-refractivity contribution is 7.89. The number of halogens is 3. The number of amides is 2. The molecule has 6 N–H and O–H groups in total. The first-order chi connectivity index (χ1) is 61.8. The van der Waals surface area contributed by atoms with Crippen molar-refractivity contribution in [2.45, 2.75) is 105 Å². The van der Waals surface area contributed by atoms with Crippen LogP contribution in [0.25, 0.3) is 11.1 Å². The molecule has 128 heavy (non-hydrogen) atoms. The number of sulfonamides is 2. The molecular formula is C93H83F3N12O18S2. The van der Waals surface area contributed by atoms with Crippen molar-refractivity contribution < 1.29 is 96.5 Å². The highest BCUT2D eigenvalue weighted by Gasteiger charge is 2.37. The minimum Gasteiger partial charge on any atom is -0.485 e. The van der Waals surface area contributed by atoms with Gasteiger partial charge in [0.1, 0.15) is 57.0 Å². The Kier molecular flexibility index (Phi) is 27.3. The van der Waals surface area contributed by atoms with Gasteiger partial charge in [-0.1, -0.05) is 42.5 Å². The minimum atomic E-state index is -4.49. The number of ketones is 1. The quantitative estimate of drug-likeness (QED) is 0.0808. The Labute approximate surface area is 733 Å². The summed E-state index contributed by atoms with van der Waals surface area (Å²) in [6, 6.07) is 46.9. The van der Waals surface area contributed by atoms with Gasteiger partial charge in [0.2, 0.25) is 20.0 Å². The number of fused-ring (bicyclic) bond motifs is 5. The van der Waals surface area contributed by atoms with Crippen LogP contribution in [0.1, 0.15) is 169 Å². The maximum atomic E-state index is 12.8. The number of primary amides is 2. The Balaban J connectivity index is 0.000000123. The average molecular weight is 1780 g/mol. The Morgan fingerprint density at radius 1 is 0.469 bits per heavy atom. The summed E-state index contributed by atoms with van der Waals surface area (Å²) in [5.74, 6) is 4.54. The van der Waals surface area contributed by atoms with Crippen molar-refractivity contribution in [2.75, 3.05) is 58.5 Å². The fourth-order valence-electron chi connectivity index (χ4n) is 15.0. The van der Waals surface area contributed by atoms with Crippen LogP contribution in [0.15, 0.2) is 212 Å². The monoisotopic (exact) mass is 1780 g/mol. The van der Waals surface area contributed by atoms with Crippen LogP contribution in [-0.4, -0.2) is 122 Å². The summed E-state index contributed by atoms with van der Waals surface area (Å²) in [6.07, 6.45) is 16.5. The Morgan fingerprint density at radius 3 is 1.33 bits per heavy atom. The first-order valence-electron chi connectivity index (χ1n) is 40.8. The SMILES string of the molecule is N#Cc1cccc2c1OCC(c1cncc(-c3ccc(S(N)(=O)=O)cc3)c1)O2.N#Cc1cccc2c1OCC(c1cncc(CCC(=O)C3CC3)c1)O2.N#Cc1cccc2c1OCC(c1cncc(CN3CCCCS3(=O)=O)c1)O2.NC(=O)c1cccc2c1OCC(c1cncc(C(F)(F)F)c1)O2.NC(=O)c1cccc2c1OCC(c1cncc(C3CCOCC3)c1)O2. The van der Waals surface area contributed by atoms with E-state index in [0.717, 1.165) is 102 Å². The van der Waals surface area contributed by atoms with Gasteiger partial charge in [0.05, 0.1) is 44.0 Å². The van der Waals surface area contributed by atoms with Crippen LogP contribution >= 0.6 is 0 Å². The Bertz CT molecular complexity index is 6350. The molecule has 35 heteroatoms. The molecule has 1 aliphatic carbocycles. The van der Waals surface area contributed by atoms with E-state index >= 15 is 0 Å². The molecule has 8 aliphatic rings. The molecule has 2 amide bonds. The summed E-state index contributed by atoms with van der Waals surface area (Å²) >= 11 is 0. The van der Waals surface area contributed by atoms with E-state index < -0.39 is 49.7 Å². The molecule has 0 radical (unpaired) electrons. The van der Waals surface area contributed by atoms with Gasteiger partial charge in [0.15, 0.2) is 88.0 Å². The zero-order valence-corrected chi connectivity index (χ0v) is 70.1. The van der Waals surface area contributed by atoms with E-state index in [1.807, 2.05) is 24.4 Å². The smallest absolute Gasteiger partial charge is 0.417 e. The Hall–Kier alpha value is -14.3. The first kappa shape index (κ1) is 88.6. The van der Waals surface area contributed by atoms with Gasteiger partial charge in [-0.25, -0.2) is 22.0 Å². The van der Waals surface area contributed by atoms with Crippen LogP contribution in [-0.2, 0) is 48.7 Å². The molecule has 19 rings (SSSR count).